The Morgan fingerprint density at radius 1 is 0.943 bits per heavy atom. The molecule has 0 fully saturated rings. The van der Waals surface area contributed by atoms with Crippen molar-refractivity contribution in [2.45, 2.75) is 31.2 Å². The average Bonchev–Trinajstić information content (AvgIpc) is 2.86. The summed E-state index contributed by atoms with van der Waals surface area (Å²) >= 11 is 0. The number of unbranched alkanes of at least 4 members (excludes halogenated alkanes) is 1. The Balaban J connectivity index is 1.67. The van der Waals surface area contributed by atoms with Crippen molar-refractivity contribution >= 4 is 32.4 Å². The Kier molecular flexibility index (Phi) is 7.38. The fourth-order valence-electron chi connectivity index (χ4n) is 3.66. The average molecular weight is 491 g/mol. The normalized spacial score (nSPS) is 11.5. The largest absolute Gasteiger partial charge is 0.321 e. The van der Waals surface area contributed by atoms with Crippen molar-refractivity contribution in [2.24, 2.45) is 0 Å². The number of anilines is 1. The topological polar surface area (TPSA) is 110 Å². The number of nitrogens with zero attached hydrogens (tertiary/aromatic N) is 2. The minimum Gasteiger partial charge on any atom is -0.321 e. The molecule has 180 valence electrons. The zero-order valence-electron chi connectivity index (χ0n) is 19.3. The number of benzene rings is 3. The van der Waals surface area contributed by atoms with E-state index in [2.05, 4.69) is 15.1 Å². The van der Waals surface area contributed by atoms with Gasteiger partial charge in [-0.05, 0) is 36.2 Å². The number of rotatable bonds is 9. The SMILES string of the molecule is CCCCNS(=O)(=O)c1cccc(NC(=O)c2nn(Cc3ccccc3)c(=O)c3ccccc23)c1. The third-order valence-corrected chi connectivity index (χ3v) is 6.94. The van der Waals surface area contributed by atoms with Crippen LogP contribution in [0.2, 0.25) is 0 Å². The molecule has 1 heterocycles. The van der Waals surface area contributed by atoms with E-state index in [9.17, 15) is 18.0 Å². The monoisotopic (exact) mass is 490 g/mol. The molecule has 1 aromatic heterocycles. The van der Waals surface area contributed by atoms with Gasteiger partial charge in [-0.3, -0.25) is 9.59 Å². The molecule has 0 saturated heterocycles. The molecule has 0 aliphatic rings. The van der Waals surface area contributed by atoms with E-state index in [4.69, 9.17) is 0 Å². The van der Waals surface area contributed by atoms with E-state index in [0.29, 0.717) is 23.0 Å². The van der Waals surface area contributed by atoms with Crippen molar-refractivity contribution in [1.82, 2.24) is 14.5 Å². The van der Waals surface area contributed by atoms with E-state index in [1.54, 1.807) is 36.4 Å². The van der Waals surface area contributed by atoms with Crippen LogP contribution in [-0.2, 0) is 16.6 Å². The summed E-state index contributed by atoms with van der Waals surface area (Å²) in [6, 6.07) is 22.2. The quantitative estimate of drug-likeness (QED) is 0.347. The lowest BCUT2D eigenvalue weighted by Gasteiger charge is -2.12. The molecular formula is C26H26N4O4S. The van der Waals surface area contributed by atoms with Gasteiger partial charge in [0.15, 0.2) is 5.69 Å². The fraction of sp³-hybridized carbons (Fsp3) is 0.192. The van der Waals surface area contributed by atoms with Gasteiger partial charge in [0.25, 0.3) is 11.5 Å². The molecule has 0 saturated carbocycles. The van der Waals surface area contributed by atoms with Crippen LogP contribution < -0.4 is 15.6 Å². The van der Waals surface area contributed by atoms with Crippen molar-refractivity contribution in [3.05, 3.63) is 100 Å². The van der Waals surface area contributed by atoms with Crippen LogP contribution in [0.3, 0.4) is 0 Å². The van der Waals surface area contributed by atoms with Crippen LogP contribution in [0.1, 0.15) is 35.8 Å². The van der Waals surface area contributed by atoms with Gasteiger partial charge >= 0.3 is 0 Å². The first-order chi connectivity index (χ1) is 16.9. The Morgan fingerprint density at radius 3 is 2.40 bits per heavy atom. The molecule has 8 nitrogen and oxygen atoms in total. The molecular weight excluding hydrogens is 464 g/mol. The highest BCUT2D eigenvalue weighted by molar-refractivity contribution is 7.89. The summed E-state index contributed by atoms with van der Waals surface area (Å²) in [6.45, 7) is 2.53. The fourth-order valence-corrected chi connectivity index (χ4v) is 4.78. The molecule has 0 bridgehead atoms. The number of carbonyl (C=O) groups is 1. The summed E-state index contributed by atoms with van der Waals surface area (Å²) in [4.78, 5) is 26.3. The molecule has 3 aromatic carbocycles. The van der Waals surface area contributed by atoms with E-state index < -0.39 is 15.9 Å². The standard InChI is InChI=1S/C26H26N4O4S/c1-2-3-16-27-35(33,34)21-13-9-12-20(17-21)28-25(31)24-22-14-7-8-15-23(22)26(32)30(29-24)18-19-10-5-4-6-11-19/h4-15,17,27H,2-3,16,18H2,1H3,(H,28,31). The van der Waals surface area contributed by atoms with Gasteiger partial charge in [0.2, 0.25) is 10.0 Å². The maximum atomic E-state index is 13.3. The zero-order valence-corrected chi connectivity index (χ0v) is 20.1. The molecule has 0 radical (unpaired) electrons. The molecule has 4 aromatic rings. The molecule has 9 heteroatoms. The molecule has 1 amide bonds. The predicted molar refractivity (Wildman–Crippen MR) is 136 cm³/mol. The van der Waals surface area contributed by atoms with E-state index in [-0.39, 0.29) is 22.7 Å². The Hall–Kier alpha value is -3.82. The summed E-state index contributed by atoms with van der Waals surface area (Å²) in [5, 5.41) is 7.90. The van der Waals surface area contributed by atoms with Gasteiger partial charge in [0.1, 0.15) is 0 Å². The summed E-state index contributed by atoms with van der Waals surface area (Å²) < 4.78 is 29.0. The van der Waals surface area contributed by atoms with Gasteiger partial charge in [-0.25, -0.2) is 17.8 Å². The van der Waals surface area contributed by atoms with Crippen LogP contribution in [0.4, 0.5) is 5.69 Å². The lowest BCUT2D eigenvalue weighted by molar-refractivity contribution is 0.102. The third-order valence-electron chi connectivity index (χ3n) is 5.48. The van der Waals surface area contributed by atoms with Gasteiger partial charge in [-0.1, -0.05) is 67.9 Å². The number of hydrogen-bond acceptors (Lipinski definition) is 5. The predicted octanol–water partition coefficient (Wildman–Crippen LogP) is 3.78. The van der Waals surface area contributed by atoms with Crippen LogP contribution in [0, 0.1) is 0 Å². The van der Waals surface area contributed by atoms with Gasteiger partial charge in [-0.2, -0.15) is 5.10 Å². The van der Waals surface area contributed by atoms with E-state index in [1.165, 1.54) is 16.8 Å². The first kappa shape index (κ1) is 24.3. The number of carbonyl (C=O) groups excluding carboxylic acids is 1. The lowest BCUT2D eigenvalue weighted by Crippen LogP contribution is -2.28. The van der Waals surface area contributed by atoms with Crippen molar-refractivity contribution in [2.75, 3.05) is 11.9 Å². The first-order valence-corrected chi connectivity index (χ1v) is 12.8. The zero-order chi connectivity index (χ0) is 24.8. The molecule has 0 atom stereocenters. The molecule has 0 unspecified atom stereocenters. The summed E-state index contributed by atoms with van der Waals surface area (Å²) in [5.41, 5.74) is 0.954. The van der Waals surface area contributed by atoms with Gasteiger partial charge in [-0.15, -0.1) is 0 Å². The van der Waals surface area contributed by atoms with Crippen molar-refractivity contribution in [3.8, 4) is 0 Å². The van der Waals surface area contributed by atoms with E-state index in [0.717, 1.165) is 18.4 Å². The maximum Gasteiger partial charge on any atom is 0.276 e. The number of amides is 1. The summed E-state index contributed by atoms with van der Waals surface area (Å²) in [7, 11) is -3.70. The number of aromatic nitrogens is 2. The van der Waals surface area contributed by atoms with Crippen molar-refractivity contribution in [3.63, 3.8) is 0 Å². The highest BCUT2D eigenvalue weighted by Gasteiger charge is 2.19. The summed E-state index contributed by atoms with van der Waals surface area (Å²) in [5.74, 6) is -0.545. The smallest absolute Gasteiger partial charge is 0.276 e. The Morgan fingerprint density at radius 2 is 1.66 bits per heavy atom. The highest BCUT2D eigenvalue weighted by atomic mass is 32.2. The van der Waals surface area contributed by atoms with Gasteiger partial charge < -0.3 is 5.32 Å². The minimum atomic E-state index is -3.70. The second kappa shape index (κ2) is 10.6. The van der Waals surface area contributed by atoms with Gasteiger partial charge in [0.05, 0.1) is 16.8 Å². The van der Waals surface area contributed by atoms with Crippen LogP contribution >= 0.6 is 0 Å². The van der Waals surface area contributed by atoms with Gasteiger partial charge in [0, 0.05) is 17.6 Å². The highest BCUT2D eigenvalue weighted by Crippen LogP contribution is 2.19. The molecule has 0 spiro atoms. The number of fused-ring (bicyclic) bond motifs is 1. The maximum absolute atomic E-state index is 13.3. The van der Waals surface area contributed by atoms with Crippen LogP contribution in [0.25, 0.3) is 10.8 Å². The molecule has 0 aliphatic carbocycles. The number of nitrogens with one attached hydrogen (secondary N) is 2. The summed E-state index contributed by atoms with van der Waals surface area (Å²) in [6.07, 6.45) is 1.60. The molecule has 4 rings (SSSR count). The Labute approximate surface area is 203 Å². The third kappa shape index (κ3) is 5.64. The van der Waals surface area contributed by atoms with E-state index >= 15 is 0 Å². The Bertz CT molecular complexity index is 1520. The van der Waals surface area contributed by atoms with Crippen molar-refractivity contribution < 1.29 is 13.2 Å². The van der Waals surface area contributed by atoms with Crippen LogP contribution in [0.15, 0.2) is 88.6 Å². The molecule has 35 heavy (non-hydrogen) atoms. The first-order valence-electron chi connectivity index (χ1n) is 11.3. The lowest BCUT2D eigenvalue weighted by atomic mass is 10.1. The van der Waals surface area contributed by atoms with E-state index in [1.807, 2.05) is 37.3 Å². The minimum absolute atomic E-state index is 0.0540. The molecule has 0 aliphatic heterocycles. The van der Waals surface area contributed by atoms with Crippen LogP contribution in [-0.4, -0.2) is 30.7 Å². The van der Waals surface area contributed by atoms with Crippen molar-refractivity contribution in [1.29, 1.82) is 0 Å². The number of hydrogen-bond donors (Lipinski definition) is 2. The molecule has 2 N–H and O–H groups in total. The second-order valence-corrected chi connectivity index (χ2v) is 9.84. The number of sulfonamides is 1. The second-order valence-electron chi connectivity index (χ2n) is 8.08. The van der Waals surface area contributed by atoms with Crippen LogP contribution in [0.5, 0.6) is 0 Å².